The smallest absolute Gasteiger partial charge is 0.330 e. The molecule has 1 heterocycles. The maximum Gasteiger partial charge on any atom is 0.330 e. The summed E-state index contributed by atoms with van der Waals surface area (Å²) in [6, 6.07) is 11.1. The Kier molecular flexibility index (Phi) is 6.89. The molecule has 0 amide bonds. The Labute approximate surface area is 166 Å². The number of hydrogen-bond donors (Lipinski definition) is 3. The van der Waals surface area contributed by atoms with Crippen molar-refractivity contribution in [2.75, 3.05) is 6.79 Å². The number of benzene rings is 1. The first kappa shape index (κ1) is 21.0. The van der Waals surface area contributed by atoms with Gasteiger partial charge in [0, 0.05) is 11.8 Å². The first-order valence-corrected chi connectivity index (χ1v) is 10.8. The van der Waals surface area contributed by atoms with Crippen LogP contribution in [0.2, 0.25) is 0 Å². The summed E-state index contributed by atoms with van der Waals surface area (Å²) in [6.45, 7) is 4.28. The van der Waals surface area contributed by atoms with Crippen molar-refractivity contribution in [3.05, 3.63) is 52.4 Å². The van der Waals surface area contributed by atoms with Crippen LogP contribution < -0.4 is 10.3 Å². The monoisotopic (exact) mass is 405 g/mol. The van der Waals surface area contributed by atoms with Gasteiger partial charge in [0.1, 0.15) is 5.75 Å². The molecule has 28 heavy (non-hydrogen) atoms. The zero-order chi connectivity index (χ0) is 20.1. The van der Waals surface area contributed by atoms with E-state index in [0.29, 0.717) is 22.6 Å². The Morgan fingerprint density at radius 1 is 1.18 bits per heavy atom. The maximum atomic E-state index is 12.8. The standard InChI is InChI=1S/C21H28NO5P/c1-21(2)10-8-15(9-11-21)12-17-13-18(26-14-27-28(24)25)19(20(23)22-17)16-6-4-3-5-7-16/h3-7,13,15,24-25H,8-12,14H2,1-2H3,(H,22,23). The summed E-state index contributed by atoms with van der Waals surface area (Å²) in [5, 5.41) is 0. The van der Waals surface area contributed by atoms with E-state index in [1.54, 1.807) is 0 Å². The van der Waals surface area contributed by atoms with Crippen molar-refractivity contribution in [2.24, 2.45) is 11.3 Å². The number of ether oxygens (including phenoxy) is 1. The van der Waals surface area contributed by atoms with E-state index < -0.39 is 8.60 Å². The van der Waals surface area contributed by atoms with Crippen molar-refractivity contribution in [3.8, 4) is 16.9 Å². The number of rotatable bonds is 7. The van der Waals surface area contributed by atoms with Crippen molar-refractivity contribution in [1.29, 1.82) is 0 Å². The van der Waals surface area contributed by atoms with Crippen LogP contribution in [0.5, 0.6) is 5.75 Å². The van der Waals surface area contributed by atoms with Crippen LogP contribution in [0, 0.1) is 11.3 Å². The Bertz CT molecular complexity index is 824. The lowest BCUT2D eigenvalue weighted by atomic mass is 9.72. The maximum absolute atomic E-state index is 12.8. The number of pyridine rings is 1. The number of nitrogens with one attached hydrogen (secondary N) is 1. The summed E-state index contributed by atoms with van der Waals surface area (Å²) in [5.41, 5.74) is 2.17. The predicted octanol–water partition coefficient (Wildman–Crippen LogP) is 4.37. The zero-order valence-corrected chi connectivity index (χ0v) is 17.2. The summed E-state index contributed by atoms with van der Waals surface area (Å²) >= 11 is 0. The third kappa shape index (κ3) is 5.65. The quantitative estimate of drug-likeness (QED) is 0.470. The number of aromatic nitrogens is 1. The van der Waals surface area contributed by atoms with Gasteiger partial charge in [-0.2, -0.15) is 0 Å². The van der Waals surface area contributed by atoms with Gasteiger partial charge in [0.25, 0.3) is 5.56 Å². The topological polar surface area (TPSA) is 91.8 Å². The molecule has 3 N–H and O–H groups in total. The third-order valence-electron chi connectivity index (χ3n) is 5.47. The molecule has 7 heteroatoms. The highest BCUT2D eigenvalue weighted by Gasteiger charge is 2.27. The molecule has 1 aliphatic rings. The molecular formula is C21H28NO5P. The van der Waals surface area contributed by atoms with Gasteiger partial charge in [0.05, 0.1) is 5.56 Å². The van der Waals surface area contributed by atoms with Crippen LogP contribution in [0.15, 0.2) is 41.2 Å². The third-order valence-corrected chi connectivity index (χ3v) is 5.80. The van der Waals surface area contributed by atoms with Crippen LogP contribution in [-0.2, 0) is 10.9 Å². The Hall–Kier alpha value is -1.72. The van der Waals surface area contributed by atoms with Crippen molar-refractivity contribution in [3.63, 3.8) is 0 Å². The predicted molar refractivity (Wildman–Crippen MR) is 110 cm³/mol. The lowest BCUT2D eigenvalue weighted by Crippen LogP contribution is -2.23. The van der Waals surface area contributed by atoms with E-state index in [9.17, 15) is 4.79 Å². The fourth-order valence-corrected chi connectivity index (χ4v) is 3.95. The molecule has 1 aromatic carbocycles. The molecule has 152 valence electrons. The Balaban J connectivity index is 1.84. The van der Waals surface area contributed by atoms with E-state index in [-0.39, 0.29) is 12.4 Å². The molecule has 6 nitrogen and oxygen atoms in total. The number of hydrogen-bond acceptors (Lipinski definition) is 5. The highest BCUT2D eigenvalue weighted by atomic mass is 31.2. The minimum absolute atomic E-state index is 0.217. The van der Waals surface area contributed by atoms with Gasteiger partial charge >= 0.3 is 8.60 Å². The van der Waals surface area contributed by atoms with Gasteiger partial charge < -0.3 is 19.5 Å². The van der Waals surface area contributed by atoms with Gasteiger partial charge in [0.2, 0.25) is 0 Å². The minimum atomic E-state index is -2.51. The lowest BCUT2D eigenvalue weighted by molar-refractivity contribution is 0.105. The van der Waals surface area contributed by atoms with Crippen LogP contribution in [0.25, 0.3) is 11.1 Å². The molecule has 0 atom stereocenters. The van der Waals surface area contributed by atoms with E-state index in [0.717, 1.165) is 30.5 Å². The van der Waals surface area contributed by atoms with Crippen molar-refractivity contribution in [2.45, 2.75) is 46.0 Å². The van der Waals surface area contributed by atoms with Gasteiger partial charge in [-0.15, -0.1) is 0 Å². The molecule has 1 aliphatic carbocycles. The van der Waals surface area contributed by atoms with Crippen molar-refractivity contribution < 1.29 is 19.0 Å². The number of H-pyrrole nitrogens is 1. The minimum Gasteiger partial charge on any atom is -0.466 e. The van der Waals surface area contributed by atoms with Gasteiger partial charge in [-0.1, -0.05) is 44.2 Å². The molecule has 1 aromatic heterocycles. The fraction of sp³-hybridized carbons (Fsp3) is 0.476. The van der Waals surface area contributed by atoms with Crippen molar-refractivity contribution in [1.82, 2.24) is 4.98 Å². The molecule has 0 aliphatic heterocycles. The summed E-state index contributed by atoms with van der Waals surface area (Å²) < 4.78 is 10.3. The molecule has 0 bridgehead atoms. The average molecular weight is 405 g/mol. The summed E-state index contributed by atoms with van der Waals surface area (Å²) in [7, 11) is -2.51. The Morgan fingerprint density at radius 2 is 1.86 bits per heavy atom. The van der Waals surface area contributed by atoms with Crippen LogP contribution in [0.4, 0.5) is 0 Å². The van der Waals surface area contributed by atoms with Gasteiger partial charge in [0.15, 0.2) is 6.79 Å². The van der Waals surface area contributed by atoms with E-state index in [1.165, 1.54) is 12.8 Å². The van der Waals surface area contributed by atoms with Crippen LogP contribution in [0.1, 0.15) is 45.2 Å². The highest BCUT2D eigenvalue weighted by Crippen LogP contribution is 2.39. The zero-order valence-electron chi connectivity index (χ0n) is 16.4. The molecule has 1 fully saturated rings. The molecule has 3 rings (SSSR count). The van der Waals surface area contributed by atoms with Crippen molar-refractivity contribution >= 4 is 8.60 Å². The lowest BCUT2D eigenvalue weighted by Gasteiger charge is -2.34. The number of aromatic amines is 1. The SMILES string of the molecule is CC1(C)CCC(Cc2cc(OCOP(O)O)c(-c3ccccc3)c(=O)[nH]2)CC1. The van der Waals surface area contributed by atoms with Gasteiger partial charge in [-0.3, -0.25) is 9.32 Å². The summed E-state index contributed by atoms with van der Waals surface area (Å²) in [4.78, 5) is 33.7. The molecule has 0 radical (unpaired) electrons. The largest absolute Gasteiger partial charge is 0.466 e. The normalized spacial score (nSPS) is 17.0. The first-order chi connectivity index (χ1) is 13.3. The summed E-state index contributed by atoms with van der Waals surface area (Å²) in [5.74, 6) is 0.927. The molecule has 0 spiro atoms. The first-order valence-electron chi connectivity index (χ1n) is 9.59. The van der Waals surface area contributed by atoms with Crippen LogP contribution in [-0.4, -0.2) is 21.6 Å². The average Bonchev–Trinajstić information content (AvgIpc) is 2.64. The Morgan fingerprint density at radius 3 is 2.50 bits per heavy atom. The fourth-order valence-electron chi connectivity index (χ4n) is 3.80. The van der Waals surface area contributed by atoms with E-state index >= 15 is 0 Å². The molecule has 0 unspecified atom stereocenters. The molecule has 2 aromatic rings. The van der Waals surface area contributed by atoms with E-state index in [2.05, 4.69) is 18.8 Å². The van der Waals surface area contributed by atoms with Gasteiger partial charge in [-0.25, -0.2) is 0 Å². The molecular weight excluding hydrogens is 377 g/mol. The second kappa shape index (κ2) is 9.19. The second-order valence-corrected chi connectivity index (χ2v) is 8.95. The van der Waals surface area contributed by atoms with E-state index in [1.807, 2.05) is 36.4 Å². The van der Waals surface area contributed by atoms with Gasteiger partial charge in [-0.05, 0) is 49.0 Å². The van der Waals surface area contributed by atoms with Crippen LogP contribution >= 0.6 is 8.60 Å². The molecule has 1 saturated carbocycles. The molecule has 0 saturated heterocycles. The highest BCUT2D eigenvalue weighted by molar-refractivity contribution is 7.39. The second-order valence-electron chi connectivity index (χ2n) is 8.18. The van der Waals surface area contributed by atoms with E-state index in [4.69, 9.17) is 19.0 Å². The summed E-state index contributed by atoms with van der Waals surface area (Å²) in [6.07, 6.45) is 5.47. The van der Waals surface area contributed by atoms with Crippen LogP contribution in [0.3, 0.4) is 0 Å².